The van der Waals surface area contributed by atoms with Crippen molar-refractivity contribution in [2.75, 3.05) is 29.9 Å². The molecule has 3 fully saturated rings. The zero-order chi connectivity index (χ0) is 22.0. The van der Waals surface area contributed by atoms with Gasteiger partial charge < -0.3 is 20.2 Å². The van der Waals surface area contributed by atoms with Crippen LogP contribution in [0.2, 0.25) is 0 Å². The number of urea groups is 1. The van der Waals surface area contributed by atoms with Gasteiger partial charge in [-0.05, 0) is 49.4 Å². The molecule has 166 valence electrons. The highest BCUT2D eigenvalue weighted by atomic mass is 19.1. The summed E-state index contributed by atoms with van der Waals surface area (Å²) in [4.78, 5) is 20.9. The first-order valence-corrected chi connectivity index (χ1v) is 10.8. The van der Waals surface area contributed by atoms with Crippen LogP contribution in [-0.2, 0) is 5.54 Å². The highest BCUT2D eigenvalue weighted by molar-refractivity contribution is 5.93. The SMILES string of the molecule is O=C(Nc1cnn2ccc(N3CC[C@H]4C[C@]43c3cc(F)ccc3F)nc12)N1CCC(O)C1. The molecule has 32 heavy (non-hydrogen) atoms. The minimum absolute atomic E-state index is 0.252. The first-order valence-electron chi connectivity index (χ1n) is 10.8. The lowest BCUT2D eigenvalue weighted by Crippen LogP contribution is -2.34. The van der Waals surface area contributed by atoms with E-state index in [4.69, 9.17) is 4.98 Å². The Balaban J connectivity index is 1.33. The molecule has 1 aromatic carbocycles. The molecule has 3 aromatic rings. The fourth-order valence-corrected chi connectivity index (χ4v) is 5.31. The molecule has 0 radical (unpaired) electrons. The highest BCUT2D eigenvalue weighted by Gasteiger charge is 2.64. The Hall–Kier alpha value is -3.27. The number of piperidine rings is 1. The molecule has 10 heteroatoms. The fourth-order valence-electron chi connectivity index (χ4n) is 5.31. The maximum atomic E-state index is 14.7. The zero-order valence-corrected chi connectivity index (χ0v) is 17.2. The number of carbonyl (C=O) groups is 1. The number of anilines is 2. The molecule has 4 heterocycles. The van der Waals surface area contributed by atoms with Gasteiger partial charge in [0.2, 0.25) is 0 Å². The largest absolute Gasteiger partial charge is 0.391 e. The van der Waals surface area contributed by atoms with Crippen LogP contribution in [0.3, 0.4) is 0 Å². The van der Waals surface area contributed by atoms with Gasteiger partial charge in [-0.25, -0.2) is 23.1 Å². The molecule has 1 aliphatic carbocycles. The Morgan fingerprint density at radius 3 is 2.88 bits per heavy atom. The van der Waals surface area contributed by atoms with Crippen LogP contribution in [-0.4, -0.2) is 56.4 Å². The van der Waals surface area contributed by atoms with Crippen LogP contribution in [0.1, 0.15) is 24.8 Å². The van der Waals surface area contributed by atoms with Gasteiger partial charge in [-0.2, -0.15) is 5.10 Å². The first-order chi connectivity index (χ1) is 15.5. The van der Waals surface area contributed by atoms with Crippen LogP contribution in [0.5, 0.6) is 0 Å². The summed E-state index contributed by atoms with van der Waals surface area (Å²) in [6.07, 6.45) is 4.96. The minimum atomic E-state index is -0.591. The van der Waals surface area contributed by atoms with E-state index in [1.165, 1.54) is 18.3 Å². The molecule has 2 aromatic heterocycles. The quantitative estimate of drug-likeness (QED) is 0.654. The molecule has 0 bridgehead atoms. The number of nitrogens with one attached hydrogen (secondary N) is 1. The van der Waals surface area contributed by atoms with Gasteiger partial charge in [0.05, 0.1) is 17.8 Å². The summed E-state index contributed by atoms with van der Waals surface area (Å²) in [5.74, 6) is 0.0211. The molecular weight excluding hydrogens is 418 g/mol. The van der Waals surface area contributed by atoms with Crippen molar-refractivity contribution in [3.63, 3.8) is 0 Å². The van der Waals surface area contributed by atoms with Gasteiger partial charge in [0.1, 0.15) is 23.1 Å². The summed E-state index contributed by atoms with van der Waals surface area (Å²) in [6.45, 7) is 1.47. The van der Waals surface area contributed by atoms with Crippen LogP contribution in [0.4, 0.5) is 25.1 Å². The number of aliphatic hydroxyl groups is 1. The Labute approximate surface area is 182 Å². The molecule has 3 atom stereocenters. The summed E-state index contributed by atoms with van der Waals surface area (Å²) in [6, 6.07) is 5.10. The molecule has 2 amide bonds. The second-order valence-electron chi connectivity index (χ2n) is 8.82. The lowest BCUT2D eigenvalue weighted by Gasteiger charge is -2.30. The average Bonchev–Trinajstić information content (AvgIpc) is 3.10. The van der Waals surface area contributed by atoms with E-state index in [0.29, 0.717) is 48.8 Å². The van der Waals surface area contributed by atoms with Gasteiger partial charge in [-0.15, -0.1) is 0 Å². The molecule has 3 aliphatic rings. The molecule has 0 spiro atoms. The lowest BCUT2D eigenvalue weighted by molar-refractivity contribution is 0.176. The van der Waals surface area contributed by atoms with Gasteiger partial charge in [-0.3, -0.25) is 0 Å². The Kier molecular flexibility index (Phi) is 4.16. The predicted molar refractivity (Wildman–Crippen MR) is 112 cm³/mol. The Morgan fingerprint density at radius 1 is 1.22 bits per heavy atom. The van der Waals surface area contributed by atoms with Crippen molar-refractivity contribution in [1.29, 1.82) is 0 Å². The monoisotopic (exact) mass is 440 g/mol. The zero-order valence-electron chi connectivity index (χ0n) is 17.2. The summed E-state index contributed by atoms with van der Waals surface area (Å²) >= 11 is 0. The second kappa shape index (κ2) is 6.86. The maximum absolute atomic E-state index is 14.7. The summed E-state index contributed by atoms with van der Waals surface area (Å²) in [5, 5.41) is 16.8. The van der Waals surface area contributed by atoms with Crippen LogP contribution >= 0.6 is 0 Å². The molecule has 1 saturated carbocycles. The topological polar surface area (TPSA) is 86.0 Å². The number of likely N-dealkylation sites (tertiary alicyclic amines) is 1. The van der Waals surface area contributed by atoms with E-state index >= 15 is 0 Å². The van der Waals surface area contributed by atoms with Crippen LogP contribution in [0.25, 0.3) is 5.65 Å². The van der Waals surface area contributed by atoms with Crippen molar-refractivity contribution >= 4 is 23.2 Å². The van der Waals surface area contributed by atoms with Gasteiger partial charge in [0.25, 0.3) is 0 Å². The van der Waals surface area contributed by atoms with Crippen molar-refractivity contribution in [2.45, 2.75) is 30.9 Å². The maximum Gasteiger partial charge on any atom is 0.322 e. The standard InChI is InChI=1S/C22H22F2N6O2/c23-14-1-2-17(24)16(9-14)22-10-13(22)3-7-29(22)19-5-8-30-20(27-19)18(11-25-30)26-21(32)28-6-4-15(31)12-28/h1-2,5,8-9,11,13,15,31H,3-4,6-7,10,12H2,(H,26,32)/t13-,15?,22+/m0/s1. The number of amides is 2. The van der Waals surface area contributed by atoms with Gasteiger partial charge >= 0.3 is 6.03 Å². The fraction of sp³-hybridized carbons (Fsp3) is 0.409. The van der Waals surface area contributed by atoms with E-state index in [2.05, 4.69) is 10.4 Å². The molecule has 8 nitrogen and oxygen atoms in total. The molecular formula is C22H22F2N6O2. The van der Waals surface area contributed by atoms with E-state index in [9.17, 15) is 18.7 Å². The second-order valence-corrected chi connectivity index (χ2v) is 8.82. The normalized spacial score (nSPS) is 26.6. The van der Waals surface area contributed by atoms with Gasteiger partial charge in [0, 0.05) is 31.4 Å². The minimum Gasteiger partial charge on any atom is -0.391 e. The third kappa shape index (κ3) is 2.85. The molecule has 2 saturated heterocycles. The molecule has 2 N–H and O–H groups in total. The van der Waals surface area contributed by atoms with E-state index in [-0.39, 0.29) is 11.9 Å². The van der Waals surface area contributed by atoms with Crippen LogP contribution < -0.4 is 10.2 Å². The average molecular weight is 440 g/mol. The first kappa shape index (κ1) is 19.4. The van der Waals surface area contributed by atoms with E-state index in [0.717, 1.165) is 18.9 Å². The molecule has 1 unspecified atom stereocenters. The Morgan fingerprint density at radius 2 is 2.09 bits per heavy atom. The number of β-amino-alcohol motifs (C(OH)–C–C–N with tert-alkyl or cyclic N) is 1. The number of hydrogen-bond acceptors (Lipinski definition) is 5. The van der Waals surface area contributed by atoms with Crippen molar-refractivity contribution in [2.24, 2.45) is 5.92 Å². The number of carbonyl (C=O) groups excluding carboxylic acids is 1. The van der Waals surface area contributed by atoms with Gasteiger partial charge in [-0.1, -0.05) is 0 Å². The van der Waals surface area contributed by atoms with E-state index in [1.807, 2.05) is 11.0 Å². The summed E-state index contributed by atoms with van der Waals surface area (Å²) in [5.41, 5.74) is 0.703. The smallest absolute Gasteiger partial charge is 0.322 e. The number of rotatable bonds is 3. The van der Waals surface area contributed by atoms with Crippen molar-refractivity contribution in [1.82, 2.24) is 19.5 Å². The third-order valence-electron chi connectivity index (χ3n) is 6.97. The number of hydrogen-bond donors (Lipinski definition) is 2. The van der Waals surface area contributed by atoms with Crippen molar-refractivity contribution in [3.05, 3.63) is 53.9 Å². The third-order valence-corrected chi connectivity index (χ3v) is 6.97. The Bertz CT molecular complexity index is 1230. The summed E-state index contributed by atoms with van der Waals surface area (Å²) in [7, 11) is 0. The predicted octanol–water partition coefficient (Wildman–Crippen LogP) is 2.73. The number of fused-ring (bicyclic) bond motifs is 2. The number of aliphatic hydroxyl groups excluding tert-OH is 1. The van der Waals surface area contributed by atoms with Crippen LogP contribution in [0.15, 0.2) is 36.7 Å². The van der Waals surface area contributed by atoms with Gasteiger partial charge in [0.15, 0.2) is 5.65 Å². The molecule has 6 rings (SSSR count). The number of aromatic nitrogens is 3. The van der Waals surface area contributed by atoms with Crippen LogP contribution in [0, 0.1) is 17.6 Å². The van der Waals surface area contributed by atoms with Crippen molar-refractivity contribution in [3.8, 4) is 0 Å². The lowest BCUT2D eigenvalue weighted by atomic mass is 10.0. The summed E-state index contributed by atoms with van der Waals surface area (Å²) < 4.78 is 30.2. The molecule has 2 aliphatic heterocycles. The van der Waals surface area contributed by atoms with E-state index < -0.39 is 23.3 Å². The number of halogens is 2. The van der Waals surface area contributed by atoms with E-state index in [1.54, 1.807) is 15.6 Å². The highest BCUT2D eigenvalue weighted by Crippen LogP contribution is 2.63. The number of benzene rings is 1. The number of nitrogens with zero attached hydrogens (tertiary/aromatic N) is 5. The van der Waals surface area contributed by atoms with Crippen molar-refractivity contribution < 1.29 is 18.7 Å².